The van der Waals surface area contributed by atoms with Crippen LogP contribution in [0, 0.1) is 5.92 Å². The molecular weight excluding hydrogens is 254 g/mol. The van der Waals surface area contributed by atoms with Crippen LogP contribution >= 0.6 is 11.6 Å². The van der Waals surface area contributed by atoms with E-state index < -0.39 is 0 Å². The van der Waals surface area contributed by atoms with E-state index in [1.807, 2.05) is 14.0 Å². The zero-order valence-electron chi connectivity index (χ0n) is 10.6. The first-order valence-electron chi connectivity index (χ1n) is 5.80. The van der Waals surface area contributed by atoms with Gasteiger partial charge in [-0.15, -0.1) is 0 Å². The third-order valence-corrected chi connectivity index (χ3v) is 2.53. The molecule has 5 nitrogen and oxygen atoms in total. The Balaban J connectivity index is 2.18. The quantitative estimate of drug-likeness (QED) is 0.729. The van der Waals surface area contributed by atoms with E-state index in [9.17, 15) is 4.79 Å². The maximum absolute atomic E-state index is 11.5. The first kappa shape index (κ1) is 14.7. The summed E-state index contributed by atoms with van der Waals surface area (Å²) in [7, 11) is 1.82. The van der Waals surface area contributed by atoms with E-state index in [0.717, 1.165) is 0 Å². The second-order valence-electron chi connectivity index (χ2n) is 3.91. The lowest BCUT2D eigenvalue weighted by atomic mass is 10.1. The van der Waals surface area contributed by atoms with Crippen LogP contribution < -0.4 is 15.4 Å². The fourth-order valence-electron chi connectivity index (χ4n) is 1.35. The van der Waals surface area contributed by atoms with E-state index in [0.29, 0.717) is 30.6 Å². The molecule has 0 aliphatic carbocycles. The van der Waals surface area contributed by atoms with Crippen molar-refractivity contribution in [3.05, 3.63) is 23.4 Å². The van der Waals surface area contributed by atoms with Gasteiger partial charge in [-0.2, -0.15) is 0 Å². The number of rotatable bonds is 7. The Hall–Kier alpha value is -1.33. The van der Waals surface area contributed by atoms with Crippen molar-refractivity contribution in [3.63, 3.8) is 0 Å². The first-order chi connectivity index (χ1) is 8.63. The molecule has 1 aromatic heterocycles. The Kier molecular flexibility index (Phi) is 6.46. The topological polar surface area (TPSA) is 63.2 Å². The van der Waals surface area contributed by atoms with E-state index in [2.05, 4.69) is 15.6 Å². The zero-order chi connectivity index (χ0) is 13.4. The van der Waals surface area contributed by atoms with Crippen LogP contribution in [0.15, 0.2) is 18.3 Å². The second kappa shape index (κ2) is 7.89. The smallest absolute Gasteiger partial charge is 0.224 e. The summed E-state index contributed by atoms with van der Waals surface area (Å²) in [5, 5.41) is 6.31. The average Bonchev–Trinajstić information content (AvgIpc) is 2.36. The molecular formula is C12H18ClN3O2. The molecule has 0 aromatic carbocycles. The van der Waals surface area contributed by atoms with Crippen molar-refractivity contribution < 1.29 is 9.53 Å². The van der Waals surface area contributed by atoms with Crippen molar-refractivity contribution in [3.8, 4) is 5.88 Å². The van der Waals surface area contributed by atoms with Crippen LogP contribution in [-0.4, -0.2) is 37.6 Å². The Morgan fingerprint density at radius 2 is 2.33 bits per heavy atom. The molecule has 1 aromatic rings. The van der Waals surface area contributed by atoms with Gasteiger partial charge in [0.05, 0.1) is 11.6 Å². The van der Waals surface area contributed by atoms with Gasteiger partial charge in [-0.3, -0.25) is 4.79 Å². The van der Waals surface area contributed by atoms with E-state index in [4.69, 9.17) is 16.3 Å². The van der Waals surface area contributed by atoms with Crippen LogP contribution in [0.3, 0.4) is 0 Å². The molecule has 100 valence electrons. The number of ether oxygens (including phenoxy) is 1. The Bertz CT molecular complexity index is 370. The number of nitrogens with zero attached hydrogens (tertiary/aromatic N) is 1. The fraction of sp³-hybridized carbons (Fsp3) is 0.500. The number of carbonyl (C=O) groups is 1. The van der Waals surface area contributed by atoms with Gasteiger partial charge in [-0.25, -0.2) is 4.98 Å². The molecule has 0 saturated heterocycles. The molecule has 1 rings (SSSR count). The molecule has 18 heavy (non-hydrogen) atoms. The van der Waals surface area contributed by atoms with Crippen molar-refractivity contribution in [2.24, 2.45) is 5.92 Å². The minimum absolute atomic E-state index is 0.0111. The van der Waals surface area contributed by atoms with Crippen LogP contribution in [0.25, 0.3) is 0 Å². The van der Waals surface area contributed by atoms with Crippen LogP contribution in [0.1, 0.15) is 6.92 Å². The summed E-state index contributed by atoms with van der Waals surface area (Å²) >= 11 is 5.70. The maximum Gasteiger partial charge on any atom is 0.224 e. The largest absolute Gasteiger partial charge is 0.476 e. The summed E-state index contributed by atoms with van der Waals surface area (Å²) in [4.78, 5) is 15.5. The van der Waals surface area contributed by atoms with Crippen molar-refractivity contribution in [2.45, 2.75) is 6.92 Å². The molecule has 1 amide bonds. The predicted molar refractivity (Wildman–Crippen MR) is 70.8 cm³/mol. The first-order valence-corrected chi connectivity index (χ1v) is 6.18. The SMILES string of the molecule is CNCC(C)C(=O)NCCOc1ccc(Cl)cn1. The van der Waals surface area contributed by atoms with E-state index in [1.54, 1.807) is 12.1 Å². The average molecular weight is 272 g/mol. The van der Waals surface area contributed by atoms with Crippen molar-refractivity contribution in [2.75, 3.05) is 26.7 Å². The Morgan fingerprint density at radius 1 is 1.56 bits per heavy atom. The van der Waals surface area contributed by atoms with Gasteiger partial charge in [0, 0.05) is 24.7 Å². The van der Waals surface area contributed by atoms with Gasteiger partial charge in [0.15, 0.2) is 0 Å². The summed E-state index contributed by atoms with van der Waals surface area (Å²) in [6, 6.07) is 3.39. The number of halogens is 1. The van der Waals surface area contributed by atoms with Gasteiger partial charge in [-0.1, -0.05) is 18.5 Å². The lowest BCUT2D eigenvalue weighted by Crippen LogP contribution is -2.36. The lowest BCUT2D eigenvalue weighted by molar-refractivity contribution is -0.124. The minimum Gasteiger partial charge on any atom is -0.476 e. The van der Waals surface area contributed by atoms with Crippen molar-refractivity contribution in [1.82, 2.24) is 15.6 Å². The normalized spacial score (nSPS) is 11.9. The van der Waals surface area contributed by atoms with Crippen LogP contribution in [-0.2, 0) is 4.79 Å². The second-order valence-corrected chi connectivity index (χ2v) is 4.35. The van der Waals surface area contributed by atoms with E-state index in [1.165, 1.54) is 6.20 Å². The van der Waals surface area contributed by atoms with Crippen molar-refractivity contribution >= 4 is 17.5 Å². The number of pyridine rings is 1. The number of amides is 1. The molecule has 0 aliphatic heterocycles. The van der Waals surface area contributed by atoms with Gasteiger partial charge >= 0.3 is 0 Å². The van der Waals surface area contributed by atoms with Gasteiger partial charge in [-0.05, 0) is 13.1 Å². The molecule has 0 fully saturated rings. The molecule has 0 spiro atoms. The van der Waals surface area contributed by atoms with E-state index in [-0.39, 0.29) is 11.8 Å². The highest BCUT2D eigenvalue weighted by molar-refractivity contribution is 6.30. The van der Waals surface area contributed by atoms with Gasteiger partial charge in [0.2, 0.25) is 11.8 Å². The summed E-state index contributed by atoms with van der Waals surface area (Å²) < 4.78 is 5.35. The van der Waals surface area contributed by atoms with Gasteiger partial charge in [0.1, 0.15) is 6.61 Å². The molecule has 0 aliphatic rings. The maximum atomic E-state index is 11.5. The third kappa shape index (κ3) is 5.33. The number of aromatic nitrogens is 1. The number of carbonyl (C=O) groups excluding carboxylic acids is 1. The molecule has 1 unspecified atom stereocenters. The summed E-state index contributed by atoms with van der Waals surface area (Å²) in [6.07, 6.45) is 1.52. The van der Waals surface area contributed by atoms with Crippen LogP contribution in [0.4, 0.5) is 0 Å². The monoisotopic (exact) mass is 271 g/mol. The highest BCUT2D eigenvalue weighted by Gasteiger charge is 2.10. The Morgan fingerprint density at radius 3 is 2.94 bits per heavy atom. The molecule has 0 bridgehead atoms. The summed E-state index contributed by atoms with van der Waals surface area (Å²) in [6.45, 7) is 3.36. The van der Waals surface area contributed by atoms with E-state index >= 15 is 0 Å². The highest BCUT2D eigenvalue weighted by Crippen LogP contribution is 2.10. The zero-order valence-corrected chi connectivity index (χ0v) is 11.3. The third-order valence-electron chi connectivity index (χ3n) is 2.31. The van der Waals surface area contributed by atoms with Crippen LogP contribution in [0.5, 0.6) is 5.88 Å². The molecule has 2 N–H and O–H groups in total. The molecule has 0 saturated carbocycles. The standard InChI is InChI=1S/C12H18ClN3O2/c1-9(7-14-2)12(17)15-5-6-18-11-4-3-10(13)8-16-11/h3-4,8-9,14H,5-7H2,1-2H3,(H,15,17). The number of nitrogens with one attached hydrogen (secondary N) is 2. The van der Waals surface area contributed by atoms with Gasteiger partial charge < -0.3 is 15.4 Å². The molecule has 1 atom stereocenters. The Labute approximate surface area is 112 Å². The number of hydrogen-bond acceptors (Lipinski definition) is 4. The summed E-state index contributed by atoms with van der Waals surface area (Å²) in [5.74, 6) is 0.456. The van der Waals surface area contributed by atoms with Crippen molar-refractivity contribution in [1.29, 1.82) is 0 Å². The summed E-state index contributed by atoms with van der Waals surface area (Å²) in [5.41, 5.74) is 0. The number of hydrogen-bond donors (Lipinski definition) is 2. The fourth-order valence-corrected chi connectivity index (χ4v) is 1.46. The molecule has 1 heterocycles. The molecule has 0 radical (unpaired) electrons. The van der Waals surface area contributed by atoms with Gasteiger partial charge in [0.25, 0.3) is 0 Å². The lowest BCUT2D eigenvalue weighted by Gasteiger charge is -2.11. The molecule has 6 heteroatoms. The minimum atomic E-state index is -0.0522. The highest BCUT2D eigenvalue weighted by atomic mass is 35.5. The van der Waals surface area contributed by atoms with Crippen LogP contribution in [0.2, 0.25) is 5.02 Å². The predicted octanol–water partition coefficient (Wildman–Crippen LogP) is 1.09.